The average molecular weight is 267 g/mol. The third-order valence-electron chi connectivity index (χ3n) is 4.21. The van der Waals surface area contributed by atoms with Crippen LogP contribution in [0.25, 0.3) is 0 Å². The topological polar surface area (TPSA) is 20.2 Å². The highest BCUT2D eigenvalue weighted by Gasteiger charge is 2.33. The summed E-state index contributed by atoms with van der Waals surface area (Å²) in [7, 11) is 0. The zero-order chi connectivity index (χ0) is 13.2. The van der Waals surface area contributed by atoms with Gasteiger partial charge in [-0.2, -0.15) is 0 Å². The lowest BCUT2D eigenvalue weighted by atomic mass is 9.83. The molecule has 1 aromatic rings. The van der Waals surface area contributed by atoms with E-state index >= 15 is 0 Å². The van der Waals surface area contributed by atoms with Gasteiger partial charge < -0.3 is 5.11 Å². The number of hydrogen-bond acceptors (Lipinski definition) is 1. The maximum atomic E-state index is 10.8. The monoisotopic (exact) mass is 266 g/mol. The molecule has 0 aliphatic heterocycles. The Morgan fingerprint density at radius 2 is 1.72 bits per heavy atom. The molecule has 2 heteroatoms. The third kappa shape index (κ3) is 3.73. The van der Waals surface area contributed by atoms with Crippen LogP contribution in [0.15, 0.2) is 24.3 Å². The minimum absolute atomic E-state index is 0.379. The molecule has 1 nitrogen and oxygen atoms in total. The van der Waals surface area contributed by atoms with Gasteiger partial charge in [0, 0.05) is 11.4 Å². The van der Waals surface area contributed by atoms with Gasteiger partial charge in [-0.15, -0.1) is 0 Å². The van der Waals surface area contributed by atoms with Crippen LogP contribution >= 0.6 is 11.6 Å². The fourth-order valence-electron chi connectivity index (χ4n) is 2.88. The Bertz CT molecular complexity index is 396. The Kier molecular flexibility index (Phi) is 4.03. The van der Waals surface area contributed by atoms with Gasteiger partial charge in [0.05, 0.1) is 5.60 Å². The zero-order valence-electron chi connectivity index (χ0n) is 11.4. The first-order valence-electron chi connectivity index (χ1n) is 6.86. The molecular formula is C16H23ClO. The third-order valence-corrected chi connectivity index (χ3v) is 4.46. The number of aliphatic hydroxyl groups is 1. The van der Waals surface area contributed by atoms with E-state index in [4.69, 9.17) is 11.6 Å². The van der Waals surface area contributed by atoms with Crippen LogP contribution < -0.4 is 0 Å². The summed E-state index contributed by atoms with van der Waals surface area (Å²) in [5.41, 5.74) is 1.04. The van der Waals surface area contributed by atoms with Gasteiger partial charge in [-0.3, -0.25) is 0 Å². The summed E-state index contributed by atoms with van der Waals surface area (Å²) >= 11 is 5.89. The van der Waals surface area contributed by atoms with E-state index in [-0.39, 0.29) is 0 Å². The summed E-state index contributed by atoms with van der Waals surface area (Å²) in [6.45, 7) is 4.61. The van der Waals surface area contributed by atoms with Crippen LogP contribution in [-0.2, 0) is 6.42 Å². The largest absolute Gasteiger partial charge is 0.390 e. The summed E-state index contributed by atoms with van der Waals surface area (Å²) in [5, 5.41) is 11.5. The van der Waals surface area contributed by atoms with Crippen LogP contribution in [0.4, 0.5) is 0 Å². The Morgan fingerprint density at radius 1 is 1.06 bits per heavy atom. The highest BCUT2D eigenvalue weighted by molar-refractivity contribution is 6.30. The lowest BCUT2D eigenvalue weighted by molar-refractivity contribution is 0.0226. The van der Waals surface area contributed by atoms with Gasteiger partial charge in [0.2, 0.25) is 0 Å². The van der Waals surface area contributed by atoms with Crippen molar-refractivity contribution in [3.05, 3.63) is 34.9 Å². The van der Waals surface area contributed by atoms with Crippen LogP contribution in [-0.4, -0.2) is 10.7 Å². The second kappa shape index (κ2) is 5.22. The molecule has 1 aromatic carbocycles. The summed E-state index contributed by atoms with van der Waals surface area (Å²) in [6, 6.07) is 7.86. The van der Waals surface area contributed by atoms with Crippen molar-refractivity contribution in [2.45, 2.75) is 58.0 Å². The van der Waals surface area contributed by atoms with E-state index in [0.717, 1.165) is 37.1 Å². The lowest BCUT2D eigenvalue weighted by Crippen LogP contribution is -2.31. The van der Waals surface area contributed by atoms with Gasteiger partial charge in [-0.25, -0.2) is 0 Å². The molecule has 0 heterocycles. The molecule has 0 bridgehead atoms. The summed E-state index contributed by atoms with van der Waals surface area (Å²) < 4.78 is 0. The molecule has 0 spiro atoms. The minimum atomic E-state index is -0.526. The number of rotatable bonds is 2. The molecule has 1 unspecified atom stereocenters. The molecule has 2 rings (SSSR count). The van der Waals surface area contributed by atoms with Crippen LogP contribution in [0.1, 0.15) is 51.5 Å². The van der Waals surface area contributed by atoms with E-state index in [1.54, 1.807) is 0 Å². The molecule has 1 N–H and O–H groups in total. The molecule has 0 radical (unpaired) electrons. The SMILES string of the molecule is CC1(C)CCCC(O)(Cc2ccc(Cl)cc2)CC1. The molecule has 0 aromatic heterocycles. The van der Waals surface area contributed by atoms with E-state index < -0.39 is 5.60 Å². The maximum absolute atomic E-state index is 10.8. The maximum Gasteiger partial charge on any atom is 0.0688 e. The Morgan fingerprint density at radius 3 is 2.39 bits per heavy atom. The van der Waals surface area contributed by atoms with Gasteiger partial charge in [0.25, 0.3) is 0 Å². The van der Waals surface area contributed by atoms with Crippen molar-refractivity contribution in [2.75, 3.05) is 0 Å². The summed E-state index contributed by atoms with van der Waals surface area (Å²) in [5.74, 6) is 0. The molecule has 100 valence electrons. The van der Waals surface area contributed by atoms with Crippen molar-refractivity contribution < 1.29 is 5.11 Å². The quantitative estimate of drug-likeness (QED) is 0.776. The molecule has 1 fully saturated rings. The second-order valence-corrected chi connectivity index (χ2v) is 6.98. The first kappa shape index (κ1) is 13.9. The molecule has 0 saturated heterocycles. The Balaban J connectivity index is 2.05. The highest BCUT2D eigenvalue weighted by atomic mass is 35.5. The summed E-state index contributed by atoms with van der Waals surface area (Å²) in [4.78, 5) is 0. The predicted octanol–water partition coefficient (Wildman–Crippen LogP) is 4.60. The molecule has 1 atom stereocenters. The van der Waals surface area contributed by atoms with Gasteiger partial charge >= 0.3 is 0 Å². The van der Waals surface area contributed by atoms with Gasteiger partial charge in [-0.05, 0) is 48.8 Å². The Hall–Kier alpha value is -0.530. The van der Waals surface area contributed by atoms with Crippen molar-refractivity contribution in [1.29, 1.82) is 0 Å². The fourth-order valence-corrected chi connectivity index (χ4v) is 3.00. The first-order valence-corrected chi connectivity index (χ1v) is 7.23. The molecular weight excluding hydrogens is 244 g/mol. The van der Waals surface area contributed by atoms with Crippen molar-refractivity contribution in [1.82, 2.24) is 0 Å². The van der Waals surface area contributed by atoms with E-state index in [2.05, 4.69) is 13.8 Å². The molecule has 1 aliphatic rings. The number of halogens is 1. The van der Waals surface area contributed by atoms with Crippen molar-refractivity contribution in [2.24, 2.45) is 5.41 Å². The van der Waals surface area contributed by atoms with Crippen LogP contribution in [0.5, 0.6) is 0 Å². The van der Waals surface area contributed by atoms with E-state index in [0.29, 0.717) is 5.41 Å². The predicted molar refractivity (Wildman–Crippen MR) is 77.0 cm³/mol. The average Bonchev–Trinajstić information content (AvgIpc) is 2.42. The standard InChI is InChI=1S/C16H23ClO/c1-15(2)8-3-9-16(18,11-10-15)12-13-4-6-14(17)7-5-13/h4-7,18H,3,8-12H2,1-2H3. The van der Waals surface area contributed by atoms with Crippen LogP contribution in [0, 0.1) is 5.41 Å². The fraction of sp³-hybridized carbons (Fsp3) is 0.625. The van der Waals surface area contributed by atoms with Crippen molar-refractivity contribution in [3.8, 4) is 0 Å². The molecule has 1 saturated carbocycles. The van der Waals surface area contributed by atoms with E-state index in [1.165, 1.54) is 12.0 Å². The highest BCUT2D eigenvalue weighted by Crippen LogP contribution is 2.39. The molecule has 18 heavy (non-hydrogen) atoms. The van der Waals surface area contributed by atoms with Gasteiger partial charge in [0.1, 0.15) is 0 Å². The van der Waals surface area contributed by atoms with Crippen molar-refractivity contribution >= 4 is 11.6 Å². The normalized spacial score (nSPS) is 27.8. The van der Waals surface area contributed by atoms with Gasteiger partial charge in [0.15, 0.2) is 0 Å². The smallest absolute Gasteiger partial charge is 0.0688 e. The first-order chi connectivity index (χ1) is 8.39. The summed E-state index contributed by atoms with van der Waals surface area (Å²) in [6.07, 6.45) is 6.02. The zero-order valence-corrected chi connectivity index (χ0v) is 12.1. The Labute approximate surface area is 115 Å². The second-order valence-electron chi connectivity index (χ2n) is 6.55. The van der Waals surface area contributed by atoms with E-state index in [9.17, 15) is 5.11 Å². The van der Waals surface area contributed by atoms with Crippen LogP contribution in [0.2, 0.25) is 5.02 Å². The molecule has 0 amide bonds. The van der Waals surface area contributed by atoms with E-state index in [1.807, 2.05) is 24.3 Å². The van der Waals surface area contributed by atoms with Crippen molar-refractivity contribution in [3.63, 3.8) is 0 Å². The minimum Gasteiger partial charge on any atom is -0.390 e. The van der Waals surface area contributed by atoms with Gasteiger partial charge in [-0.1, -0.05) is 44.0 Å². The molecule has 1 aliphatic carbocycles. The van der Waals surface area contributed by atoms with Crippen LogP contribution in [0.3, 0.4) is 0 Å². The lowest BCUT2D eigenvalue weighted by Gasteiger charge is -2.28. The number of hydrogen-bond donors (Lipinski definition) is 1. The number of benzene rings is 1.